The number of ketones is 2. The van der Waals surface area contributed by atoms with Crippen LogP contribution in [-0.4, -0.2) is 23.5 Å². The van der Waals surface area contributed by atoms with Gasteiger partial charge in [0.15, 0.2) is 0 Å². The maximum atomic E-state index is 12.9. The minimum atomic E-state index is -1.13. The van der Waals surface area contributed by atoms with Gasteiger partial charge in [0, 0.05) is 11.5 Å². The van der Waals surface area contributed by atoms with Gasteiger partial charge in [-0.2, -0.15) is 0 Å². The van der Waals surface area contributed by atoms with Crippen LogP contribution in [0.15, 0.2) is 0 Å². The minimum absolute atomic E-state index is 0.173. The molecule has 2 bridgehead atoms. The van der Waals surface area contributed by atoms with Crippen molar-refractivity contribution in [3.63, 3.8) is 0 Å². The van der Waals surface area contributed by atoms with E-state index in [0.717, 1.165) is 25.7 Å². The zero-order valence-electron chi connectivity index (χ0n) is 13.3. The highest BCUT2D eigenvalue weighted by molar-refractivity contribution is 6.48. The van der Waals surface area contributed by atoms with Gasteiger partial charge in [0.05, 0.1) is 0 Å². The Balaban J connectivity index is 1.90. The first-order valence-electron chi connectivity index (χ1n) is 8.17. The van der Waals surface area contributed by atoms with Gasteiger partial charge in [-0.3, -0.25) is 14.4 Å². The summed E-state index contributed by atoms with van der Waals surface area (Å²) in [6.07, 6.45) is 6.61. The number of fused-ring (bicyclic) bond motifs is 2. The lowest BCUT2D eigenvalue weighted by molar-refractivity contribution is -0.149. The van der Waals surface area contributed by atoms with Crippen LogP contribution in [0.25, 0.3) is 0 Å². The third-order valence-corrected chi connectivity index (χ3v) is 6.87. The Kier molecular flexibility index (Phi) is 3.09. The minimum Gasteiger partial charge on any atom is -0.352 e. The van der Waals surface area contributed by atoms with Gasteiger partial charge >= 0.3 is 0 Å². The van der Waals surface area contributed by atoms with Crippen LogP contribution < -0.4 is 5.32 Å². The molecule has 4 nitrogen and oxygen atoms in total. The van der Waals surface area contributed by atoms with Gasteiger partial charge in [0.1, 0.15) is 5.41 Å². The lowest BCUT2D eigenvalue weighted by Gasteiger charge is -2.38. The summed E-state index contributed by atoms with van der Waals surface area (Å²) in [5.74, 6) is -0.980. The van der Waals surface area contributed by atoms with Crippen LogP contribution in [0.4, 0.5) is 0 Å². The van der Waals surface area contributed by atoms with Crippen molar-refractivity contribution in [2.24, 2.45) is 16.2 Å². The van der Waals surface area contributed by atoms with Crippen LogP contribution in [0.2, 0.25) is 0 Å². The second kappa shape index (κ2) is 4.40. The Morgan fingerprint density at radius 2 is 1.62 bits per heavy atom. The summed E-state index contributed by atoms with van der Waals surface area (Å²) in [5.41, 5.74) is -2.39. The Hall–Kier alpha value is -1.19. The van der Waals surface area contributed by atoms with E-state index < -0.39 is 22.0 Å². The van der Waals surface area contributed by atoms with E-state index in [0.29, 0.717) is 12.8 Å². The van der Waals surface area contributed by atoms with Gasteiger partial charge in [-0.1, -0.05) is 40.0 Å². The highest BCUT2D eigenvalue weighted by Crippen LogP contribution is 2.69. The van der Waals surface area contributed by atoms with Crippen LogP contribution >= 0.6 is 0 Å². The third kappa shape index (κ3) is 1.59. The molecule has 0 unspecified atom stereocenters. The fourth-order valence-corrected chi connectivity index (χ4v) is 4.83. The van der Waals surface area contributed by atoms with Crippen molar-refractivity contribution in [2.75, 3.05) is 0 Å². The highest BCUT2D eigenvalue weighted by atomic mass is 16.2. The van der Waals surface area contributed by atoms with Crippen molar-refractivity contribution in [3.8, 4) is 0 Å². The Morgan fingerprint density at radius 1 is 1.00 bits per heavy atom. The molecule has 2 atom stereocenters. The standard InChI is InChI=1S/C17H25NO3/c1-15(2)16(3)9-10-17(15,13(20)12(16)19)14(21)18-11-7-5-4-6-8-11/h11H,4-10H2,1-3H3,(H,18,21)/t16-,17+/m0/s1. The molecule has 3 aliphatic rings. The van der Waals surface area contributed by atoms with Crippen LogP contribution in [0.5, 0.6) is 0 Å². The summed E-state index contributed by atoms with van der Waals surface area (Å²) < 4.78 is 0. The number of hydrogen-bond donors (Lipinski definition) is 1. The lowest BCUT2D eigenvalue weighted by atomic mass is 9.64. The number of nitrogens with one attached hydrogen (secondary N) is 1. The normalized spacial score (nSPS) is 38.8. The molecule has 3 fully saturated rings. The van der Waals surface area contributed by atoms with Crippen LogP contribution in [0, 0.1) is 16.2 Å². The maximum absolute atomic E-state index is 12.9. The predicted molar refractivity (Wildman–Crippen MR) is 78.6 cm³/mol. The second-order valence-corrected chi connectivity index (χ2v) is 7.83. The van der Waals surface area contributed by atoms with Crippen LogP contribution in [0.1, 0.15) is 65.7 Å². The van der Waals surface area contributed by atoms with Gasteiger partial charge < -0.3 is 5.32 Å². The van der Waals surface area contributed by atoms with Gasteiger partial charge in [-0.05, 0) is 31.1 Å². The molecule has 21 heavy (non-hydrogen) atoms. The average Bonchev–Trinajstić information content (AvgIpc) is 2.72. The average molecular weight is 291 g/mol. The van der Waals surface area contributed by atoms with E-state index in [4.69, 9.17) is 0 Å². The zero-order valence-corrected chi connectivity index (χ0v) is 13.3. The summed E-state index contributed by atoms with van der Waals surface area (Å²) in [7, 11) is 0. The number of Topliss-reactive ketones (excluding diaryl/α,β-unsaturated/α-hetero) is 2. The predicted octanol–water partition coefficient (Wildman–Crippen LogP) is 2.40. The number of hydrogen-bond acceptors (Lipinski definition) is 3. The molecular formula is C17H25NO3. The summed E-state index contributed by atoms with van der Waals surface area (Å²) >= 11 is 0. The molecule has 4 heteroatoms. The molecule has 0 aromatic rings. The van der Waals surface area contributed by atoms with Crippen molar-refractivity contribution in [1.29, 1.82) is 0 Å². The first kappa shape index (κ1) is 14.7. The van der Waals surface area contributed by atoms with E-state index in [1.165, 1.54) is 6.42 Å². The SMILES string of the molecule is CC1(C)[C@]2(C(=O)NC3CCCCC3)CC[C@@]1(C)C(=O)C2=O. The van der Waals surface area contributed by atoms with Gasteiger partial charge in [-0.15, -0.1) is 0 Å². The number of rotatable bonds is 2. The Labute approximate surface area is 126 Å². The molecule has 0 aromatic heterocycles. The molecule has 1 N–H and O–H groups in total. The smallest absolute Gasteiger partial charge is 0.235 e. The molecule has 0 radical (unpaired) electrons. The molecule has 0 saturated heterocycles. The van der Waals surface area contributed by atoms with Crippen molar-refractivity contribution in [2.45, 2.75) is 71.8 Å². The quantitative estimate of drug-likeness (QED) is 0.627. The number of amides is 1. The molecule has 3 rings (SSSR count). The summed E-state index contributed by atoms with van der Waals surface area (Å²) in [4.78, 5) is 37.9. The fourth-order valence-electron chi connectivity index (χ4n) is 4.83. The first-order chi connectivity index (χ1) is 9.77. The maximum Gasteiger partial charge on any atom is 0.235 e. The third-order valence-electron chi connectivity index (χ3n) is 6.87. The van der Waals surface area contributed by atoms with E-state index in [2.05, 4.69) is 5.32 Å². The van der Waals surface area contributed by atoms with Crippen LogP contribution in [0.3, 0.4) is 0 Å². The molecule has 3 aliphatic carbocycles. The molecule has 3 saturated carbocycles. The summed E-state index contributed by atoms with van der Waals surface area (Å²) in [6, 6.07) is 0.173. The molecule has 0 aromatic carbocycles. The Morgan fingerprint density at radius 3 is 2.14 bits per heavy atom. The van der Waals surface area contributed by atoms with Gasteiger partial charge in [-0.25, -0.2) is 0 Å². The summed E-state index contributed by atoms with van der Waals surface area (Å²) in [5, 5.41) is 3.09. The van der Waals surface area contributed by atoms with E-state index in [-0.39, 0.29) is 17.7 Å². The molecule has 0 heterocycles. The monoisotopic (exact) mass is 291 g/mol. The van der Waals surface area contributed by atoms with E-state index in [9.17, 15) is 14.4 Å². The molecular weight excluding hydrogens is 266 g/mol. The largest absolute Gasteiger partial charge is 0.352 e. The molecule has 116 valence electrons. The fraction of sp³-hybridized carbons (Fsp3) is 0.824. The lowest BCUT2D eigenvalue weighted by Crippen LogP contribution is -2.53. The van der Waals surface area contributed by atoms with Gasteiger partial charge in [0.25, 0.3) is 0 Å². The molecule has 0 spiro atoms. The van der Waals surface area contributed by atoms with Crippen molar-refractivity contribution < 1.29 is 14.4 Å². The molecule has 0 aliphatic heterocycles. The second-order valence-electron chi connectivity index (χ2n) is 7.83. The van der Waals surface area contributed by atoms with Crippen molar-refractivity contribution >= 4 is 17.5 Å². The van der Waals surface area contributed by atoms with Crippen molar-refractivity contribution in [1.82, 2.24) is 5.32 Å². The van der Waals surface area contributed by atoms with Gasteiger partial charge in [0.2, 0.25) is 17.5 Å². The van der Waals surface area contributed by atoms with E-state index in [1.807, 2.05) is 20.8 Å². The topological polar surface area (TPSA) is 63.2 Å². The van der Waals surface area contributed by atoms with E-state index >= 15 is 0 Å². The van der Waals surface area contributed by atoms with Crippen molar-refractivity contribution in [3.05, 3.63) is 0 Å². The highest BCUT2D eigenvalue weighted by Gasteiger charge is 2.77. The zero-order chi connectivity index (χ0) is 15.5. The summed E-state index contributed by atoms with van der Waals surface area (Å²) in [6.45, 7) is 5.70. The molecule has 1 amide bonds. The van der Waals surface area contributed by atoms with E-state index in [1.54, 1.807) is 0 Å². The van der Waals surface area contributed by atoms with Crippen LogP contribution in [-0.2, 0) is 14.4 Å². The number of carbonyl (C=O) groups excluding carboxylic acids is 3. The Bertz CT molecular complexity index is 518. The number of carbonyl (C=O) groups is 3. The first-order valence-corrected chi connectivity index (χ1v) is 8.17.